The summed E-state index contributed by atoms with van der Waals surface area (Å²) in [5, 5.41) is 3.20. The molecule has 106 valence electrons. The van der Waals surface area contributed by atoms with Gasteiger partial charge < -0.3 is 5.32 Å². The van der Waals surface area contributed by atoms with Gasteiger partial charge in [0.15, 0.2) is 0 Å². The Morgan fingerprint density at radius 2 is 1.50 bits per heavy atom. The van der Waals surface area contributed by atoms with Gasteiger partial charge in [-0.25, -0.2) is 0 Å². The molecule has 0 atom stereocenters. The number of nitrogens with one attached hydrogen (secondary N) is 1. The van der Waals surface area contributed by atoms with Gasteiger partial charge >= 0.3 is 0 Å². The Bertz CT molecular complexity index is 274. The largest absolute Gasteiger partial charge is 0.353 e. The van der Waals surface area contributed by atoms with Gasteiger partial charge in [0.1, 0.15) is 0 Å². The molecule has 1 aliphatic carbocycles. The first-order valence-electron chi connectivity index (χ1n) is 7.39. The lowest BCUT2D eigenvalue weighted by Gasteiger charge is -2.34. The number of carbonyl (C=O) groups excluding carboxylic acids is 1. The molecule has 0 saturated heterocycles. The van der Waals surface area contributed by atoms with Crippen LogP contribution < -0.4 is 5.32 Å². The van der Waals surface area contributed by atoms with Crippen LogP contribution in [-0.2, 0) is 4.79 Å². The van der Waals surface area contributed by atoms with Gasteiger partial charge in [0.2, 0.25) is 5.91 Å². The maximum absolute atomic E-state index is 11.9. The van der Waals surface area contributed by atoms with Crippen molar-refractivity contribution in [3.8, 4) is 0 Å². The highest BCUT2D eigenvalue weighted by molar-refractivity contribution is 5.81. The fourth-order valence-corrected chi connectivity index (χ4v) is 2.78. The third kappa shape index (κ3) is 5.41. The quantitative estimate of drug-likeness (QED) is 0.787. The lowest BCUT2D eigenvalue weighted by atomic mass is 9.76. The number of carbonyl (C=O) groups is 1. The summed E-state index contributed by atoms with van der Waals surface area (Å²) in [5.74, 6) is 1.05. The minimum Gasteiger partial charge on any atom is -0.353 e. The van der Waals surface area contributed by atoms with Crippen molar-refractivity contribution in [2.75, 3.05) is 0 Å². The summed E-state index contributed by atoms with van der Waals surface area (Å²) in [6, 6.07) is 0.410. The standard InChI is InChI=1S/C16H31NO/c1-15(2,3)11-12-7-9-13(10-8-12)17-14(18)16(4,5)6/h12-13H,7-11H2,1-6H3,(H,17,18). The van der Waals surface area contributed by atoms with Gasteiger partial charge in [-0.2, -0.15) is 0 Å². The predicted molar refractivity (Wildman–Crippen MR) is 77.4 cm³/mol. The summed E-state index contributed by atoms with van der Waals surface area (Å²) < 4.78 is 0. The van der Waals surface area contributed by atoms with Crippen molar-refractivity contribution in [3.63, 3.8) is 0 Å². The Morgan fingerprint density at radius 1 is 1.00 bits per heavy atom. The molecule has 0 aliphatic heterocycles. The average Bonchev–Trinajstić information content (AvgIpc) is 2.17. The molecule has 0 heterocycles. The molecule has 1 saturated carbocycles. The summed E-state index contributed by atoms with van der Waals surface area (Å²) in [4.78, 5) is 11.9. The number of hydrogen-bond donors (Lipinski definition) is 1. The molecule has 1 N–H and O–H groups in total. The van der Waals surface area contributed by atoms with E-state index in [9.17, 15) is 4.79 Å². The second kappa shape index (κ2) is 5.63. The van der Waals surface area contributed by atoms with Crippen LogP contribution in [0.2, 0.25) is 0 Å². The zero-order valence-electron chi connectivity index (χ0n) is 13.1. The molecule has 2 nitrogen and oxygen atoms in total. The van der Waals surface area contributed by atoms with Crippen molar-refractivity contribution in [3.05, 3.63) is 0 Å². The molecule has 0 unspecified atom stereocenters. The molecule has 1 aliphatic rings. The van der Waals surface area contributed by atoms with Gasteiger partial charge in [-0.3, -0.25) is 4.79 Å². The molecular formula is C16H31NO. The first-order valence-corrected chi connectivity index (χ1v) is 7.39. The summed E-state index contributed by atoms with van der Waals surface area (Å²) in [6.07, 6.45) is 6.16. The molecule has 1 amide bonds. The molecule has 0 radical (unpaired) electrons. The highest BCUT2D eigenvalue weighted by atomic mass is 16.2. The van der Waals surface area contributed by atoms with Gasteiger partial charge in [-0.1, -0.05) is 41.5 Å². The molecule has 0 spiro atoms. The molecule has 0 aromatic heterocycles. The third-order valence-corrected chi connectivity index (χ3v) is 3.76. The minimum atomic E-state index is -0.262. The summed E-state index contributed by atoms with van der Waals surface area (Å²) in [5.41, 5.74) is 0.175. The van der Waals surface area contributed by atoms with E-state index in [0.717, 1.165) is 18.8 Å². The van der Waals surface area contributed by atoms with E-state index in [2.05, 4.69) is 26.1 Å². The normalized spacial score (nSPS) is 25.9. The van der Waals surface area contributed by atoms with Crippen LogP contribution in [-0.4, -0.2) is 11.9 Å². The predicted octanol–water partition coefficient (Wildman–Crippen LogP) is 4.14. The molecule has 0 aromatic carbocycles. The molecule has 1 rings (SSSR count). The lowest BCUT2D eigenvalue weighted by molar-refractivity contribution is -0.129. The summed E-state index contributed by atoms with van der Waals surface area (Å²) >= 11 is 0. The fraction of sp³-hybridized carbons (Fsp3) is 0.938. The van der Waals surface area contributed by atoms with Crippen LogP contribution in [0.25, 0.3) is 0 Å². The van der Waals surface area contributed by atoms with E-state index in [-0.39, 0.29) is 11.3 Å². The van der Waals surface area contributed by atoms with E-state index in [1.54, 1.807) is 0 Å². The maximum Gasteiger partial charge on any atom is 0.225 e. The Hall–Kier alpha value is -0.530. The SMILES string of the molecule is CC(C)(C)CC1CCC(NC(=O)C(C)(C)C)CC1. The fourth-order valence-electron chi connectivity index (χ4n) is 2.78. The molecule has 18 heavy (non-hydrogen) atoms. The van der Waals surface area contributed by atoms with Crippen LogP contribution in [0.3, 0.4) is 0 Å². The molecule has 1 fully saturated rings. The van der Waals surface area contributed by atoms with Crippen LogP contribution in [0.15, 0.2) is 0 Å². The van der Waals surface area contributed by atoms with Crippen LogP contribution in [0.5, 0.6) is 0 Å². The van der Waals surface area contributed by atoms with E-state index >= 15 is 0 Å². The number of rotatable bonds is 2. The van der Waals surface area contributed by atoms with Gasteiger partial charge in [0.05, 0.1) is 0 Å². The first-order chi connectivity index (χ1) is 8.08. The Labute approximate surface area is 113 Å². The lowest BCUT2D eigenvalue weighted by Crippen LogP contribution is -2.43. The smallest absolute Gasteiger partial charge is 0.225 e. The average molecular weight is 253 g/mol. The van der Waals surface area contributed by atoms with Crippen LogP contribution >= 0.6 is 0 Å². The zero-order chi connectivity index (χ0) is 14.0. The Kier molecular flexibility index (Phi) is 4.85. The van der Waals surface area contributed by atoms with Crippen molar-refractivity contribution in [1.82, 2.24) is 5.32 Å². The van der Waals surface area contributed by atoms with Gasteiger partial charge in [-0.05, 0) is 43.4 Å². The van der Waals surface area contributed by atoms with Crippen molar-refractivity contribution < 1.29 is 4.79 Å². The number of amides is 1. The summed E-state index contributed by atoms with van der Waals surface area (Å²) in [6.45, 7) is 12.9. The highest BCUT2D eigenvalue weighted by Gasteiger charge is 2.28. The van der Waals surface area contributed by atoms with Crippen molar-refractivity contribution >= 4 is 5.91 Å². The van der Waals surface area contributed by atoms with Crippen LogP contribution in [0.4, 0.5) is 0 Å². The topological polar surface area (TPSA) is 29.1 Å². The molecule has 0 aromatic rings. The monoisotopic (exact) mass is 253 g/mol. The molecular weight excluding hydrogens is 222 g/mol. The second-order valence-electron chi connectivity index (χ2n) is 8.21. The maximum atomic E-state index is 11.9. The van der Waals surface area contributed by atoms with Crippen LogP contribution in [0, 0.1) is 16.7 Å². The second-order valence-corrected chi connectivity index (χ2v) is 8.21. The van der Waals surface area contributed by atoms with E-state index in [4.69, 9.17) is 0 Å². The minimum absolute atomic E-state index is 0.196. The molecule has 2 heteroatoms. The van der Waals surface area contributed by atoms with E-state index < -0.39 is 0 Å². The Balaban J connectivity index is 2.34. The van der Waals surface area contributed by atoms with Gasteiger partial charge in [0, 0.05) is 11.5 Å². The molecule has 0 bridgehead atoms. The van der Waals surface area contributed by atoms with Gasteiger partial charge in [0.25, 0.3) is 0 Å². The number of hydrogen-bond acceptors (Lipinski definition) is 1. The first kappa shape index (κ1) is 15.5. The zero-order valence-corrected chi connectivity index (χ0v) is 13.1. The van der Waals surface area contributed by atoms with E-state index in [1.165, 1.54) is 19.3 Å². The van der Waals surface area contributed by atoms with E-state index in [0.29, 0.717) is 11.5 Å². The van der Waals surface area contributed by atoms with Crippen molar-refractivity contribution in [2.45, 2.75) is 79.7 Å². The third-order valence-electron chi connectivity index (χ3n) is 3.76. The van der Waals surface area contributed by atoms with E-state index in [1.807, 2.05) is 20.8 Å². The highest BCUT2D eigenvalue weighted by Crippen LogP contribution is 2.34. The van der Waals surface area contributed by atoms with Crippen molar-refractivity contribution in [2.24, 2.45) is 16.7 Å². The summed E-state index contributed by atoms with van der Waals surface area (Å²) in [7, 11) is 0. The van der Waals surface area contributed by atoms with Gasteiger partial charge in [-0.15, -0.1) is 0 Å². The van der Waals surface area contributed by atoms with Crippen molar-refractivity contribution in [1.29, 1.82) is 0 Å². The Morgan fingerprint density at radius 3 is 1.89 bits per heavy atom. The van der Waals surface area contributed by atoms with Crippen LogP contribution in [0.1, 0.15) is 73.6 Å².